The van der Waals surface area contributed by atoms with Crippen LogP contribution in [0.3, 0.4) is 0 Å². The molecule has 0 saturated heterocycles. The molecule has 0 saturated carbocycles. The average molecular weight is 275 g/mol. The van der Waals surface area contributed by atoms with Gasteiger partial charge in [-0.15, -0.1) is 0 Å². The number of fused-ring (bicyclic) bond motifs is 1. The van der Waals surface area contributed by atoms with Gasteiger partial charge in [-0.05, 0) is 30.3 Å². The Morgan fingerprint density at radius 2 is 2.05 bits per heavy atom. The zero-order valence-electron chi connectivity index (χ0n) is 11.1. The molecule has 2 aromatic carbocycles. The van der Waals surface area contributed by atoms with Crippen LogP contribution >= 0.6 is 0 Å². The number of nitrogens with one attached hydrogen (secondary N) is 1. The van der Waals surface area contributed by atoms with Crippen LogP contribution in [0.4, 0.5) is 8.78 Å². The van der Waals surface area contributed by atoms with E-state index in [1.807, 2.05) is 18.2 Å². The van der Waals surface area contributed by atoms with Gasteiger partial charge < -0.3 is 10.1 Å². The molecule has 2 nitrogen and oxygen atoms in total. The smallest absolute Gasteiger partial charge is 0.163 e. The third kappa shape index (κ3) is 2.16. The van der Waals surface area contributed by atoms with Crippen LogP contribution in [0.25, 0.3) is 0 Å². The molecular weight excluding hydrogens is 260 g/mol. The number of hydrogen-bond acceptors (Lipinski definition) is 2. The van der Waals surface area contributed by atoms with Crippen molar-refractivity contribution in [1.82, 2.24) is 5.32 Å². The van der Waals surface area contributed by atoms with Crippen LogP contribution in [0.15, 0.2) is 36.4 Å². The van der Waals surface area contributed by atoms with Crippen molar-refractivity contribution in [2.24, 2.45) is 0 Å². The van der Waals surface area contributed by atoms with Crippen LogP contribution in [0, 0.1) is 11.6 Å². The maximum Gasteiger partial charge on any atom is 0.163 e. The van der Waals surface area contributed by atoms with Gasteiger partial charge in [0.25, 0.3) is 0 Å². The van der Waals surface area contributed by atoms with Crippen LogP contribution in [-0.4, -0.2) is 13.7 Å². The third-order valence-corrected chi connectivity index (χ3v) is 3.63. The number of ether oxygens (including phenoxy) is 1. The van der Waals surface area contributed by atoms with E-state index in [0.29, 0.717) is 12.2 Å². The first-order valence-corrected chi connectivity index (χ1v) is 6.57. The monoisotopic (exact) mass is 275 g/mol. The van der Waals surface area contributed by atoms with E-state index in [9.17, 15) is 8.78 Å². The second-order valence-electron chi connectivity index (χ2n) is 4.83. The summed E-state index contributed by atoms with van der Waals surface area (Å²) in [6.45, 7) is 0.678. The molecule has 0 fully saturated rings. The molecule has 0 bridgehead atoms. The topological polar surface area (TPSA) is 21.3 Å². The Hall–Kier alpha value is -1.94. The van der Waals surface area contributed by atoms with Crippen LogP contribution in [-0.2, 0) is 6.42 Å². The summed E-state index contributed by atoms with van der Waals surface area (Å²) in [6, 6.07) is 9.64. The highest BCUT2D eigenvalue weighted by Crippen LogP contribution is 2.31. The highest BCUT2D eigenvalue weighted by atomic mass is 19.2. The summed E-state index contributed by atoms with van der Waals surface area (Å²) in [5.74, 6) is -0.751. The lowest BCUT2D eigenvalue weighted by atomic mass is 9.96. The molecule has 104 valence electrons. The van der Waals surface area contributed by atoms with Crippen molar-refractivity contribution in [2.45, 2.75) is 12.5 Å². The molecule has 1 N–H and O–H groups in total. The maximum atomic E-state index is 14.0. The molecule has 1 aliphatic heterocycles. The van der Waals surface area contributed by atoms with Gasteiger partial charge in [-0.3, -0.25) is 0 Å². The van der Waals surface area contributed by atoms with E-state index in [4.69, 9.17) is 4.74 Å². The summed E-state index contributed by atoms with van der Waals surface area (Å²) in [6.07, 6.45) is 0.852. The van der Waals surface area contributed by atoms with Gasteiger partial charge in [-0.2, -0.15) is 0 Å². The summed E-state index contributed by atoms with van der Waals surface area (Å²) in [7, 11) is 1.73. The lowest BCUT2D eigenvalue weighted by molar-refractivity contribution is 0.357. The Labute approximate surface area is 116 Å². The van der Waals surface area contributed by atoms with E-state index in [2.05, 4.69) is 5.32 Å². The molecule has 4 heteroatoms. The van der Waals surface area contributed by atoms with Crippen LogP contribution in [0.5, 0.6) is 5.75 Å². The Morgan fingerprint density at radius 1 is 1.20 bits per heavy atom. The lowest BCUT2D eigenvalue weighted by Gasteiger charge is -2.18. The van der Waals surface area contributed by atoms with Gasteiger partial charge in [-0.1, -0.05) is 24.3 Å². The largest absolute Gasteiger partial charge is 0.493 e. The molecule has 20 heavy (non-hydrogen) atoms. The Kier molecular flexibility index (Phi) is 3.40. The zero-order valence-corrected chi connectivity index (χ0v) is 11.1. The average Bonchev–Trinajstić information content (AvgIpc) is 2.92. The van der Waals surface area contributed by atoms with Crippen molar-refractivity contribution in [3.05, 3.63) is 64.7 Å². The first kappa shape index (κ1) is 13.1. The summed E-state index contributed by atoms with van der Waals surface area (Å²) < 4.78 is 32.8. The Morgan fingerprint density at radius 3 is 2.85 bits per heavy atom. The minimum Gasteiger partial charge on any atom is -0.493 e. The van der Waals surface area contributed by atoms with E-state index < -0.39 is 11.6 Å². The fraction of sp³-hybridized carbons (Fsp3) is 0.250. The standard InChI is InChI=1S/C16H15F2NO/c1-19-16(12-3-2-4-13(17)15(12)18)11-5-6-14-10(9-11)7-8-20-14/h2-6,9,16,19H,7-8H2,1H3. The van der Waals surface area contributed by atoms with Crippen molar-refractivity contribution in [3.8, 4) is 5.75 Å². The third-order valence-electron chi connectivity index (χ3n) is 3.63. The van der Waals surface area contributed by atoms with Crippen molar-refractivity contribution in [3.63, 3.8) is 0 Å². The van der Waals surface area contributed by atoms with E-state index in [1.165, 1.54) is 6.07 Å². The van der Waals surface area contributed by atoms with Crippen molar-refractivity contribution >= 4 is 0 Å². The molecule has 1 unspecified atom stereocenters. The molecule has 0 aromatic heterocycles. The molecule has 3 rings (SSSR count). The first-order chi connectivity index (χ1) is 9.70. The van der Waals surface area contributed by atoms with Gasteiger partial charge in [0.15, 0.2) is 11.6 Å². The normalized spacial score (nSPS) is 14.8. The number of halogens is 2. The number of hydrogen-bond donors (Lipinski definition) is 1. The molecular formula is C16H15F2NO. The summed E-state index contributed by atoms with van der Waals surface area (Å²) in [4.78, 5) is 0. The molecule has 1 atom stereocenters. The number of rotatable bonds is 3. The van der Waals surface area contributed by atoms with Gasteiger partial charge in [0, 0.05) is 12.0 Å². The van der Waals surface area contributed by atoms with Crippen molar-refractivity contribution in [1.29, 1.82) is 0 Å². The molecule has 0 radical (unpaired) electrons. The maximum absolute atomic E-state index is 14.0. The highest BCUT2D eigenvalue weighted by molar-refractivity contribution is 5.43. The van der Waals surface area contributed by atoms with E-state index in [0.717, 1.165) is 29.4 Å². The minimum absolute atomic E-state index is 0.311. The van der Waals surface area contributed by atoms with Crippen molar-refractivity contribution < 1.29 is 13.5 Å². The molecule has 0 spiro atoms. The fourth-order valence-electron chi connectivity index (χ4n) is 2.63. The summed E-state index contributed by atoms with van der Waals surface area (Å²) >= 11 is 0. The minimum atomic E-state index is -0.827. The SMILES string of the molecule is CNC(c1ccc2c(c1)CCO2)c1cccc(F)c1F. The van der Waals surface area contributed by atoms with Gasteiger partial charge in [-0.25, -0.2) is 8.78 Å². The van der Waals surface area contributed by atoms with E-state index in [1.54, 1.807) is 13.1 Å². The lowest BCUT2D eigenvalue weighted by Crippen LogP contribution is -2.19. The van der Waals surface area contributed by atoms with Crippen molar-refractivity contribution in [2.75, 3.05) is 13.7 Å². The van der Waals surface area contributed by atoms with Crippen LogP contribution < -0.4 is 10.1 Å². The fourth-order valence-corrected chi connectivity index (χ4v) is 2.63. The van der Waals surface area contributed by atoms with Gasteiger partial charge in [0.1, 0.15) is 5.75 Å². The predicted octanol–water partition coefficient (Wildman–Crippen LogP) is 3.21. The second kappa shape index (κ2) is 5.21. The molecule has 0 amide bonds. The Bertz CT molecular complexity index is 642. The zero-order chi connectivity index (χ0) is 14.1. The highest BCUT2D eigenvalue weighted by Gasteiger charge is 2.21. The van der Waals surface area contributed by atoms with Crippen LogP contribution in [0.2, 0.25) is 0 Å². The first-order valence-electron chi connectivity index (χ1n) is 6.57. The van der Waals surface area contributed by atoms with Gasteiger partial charge in [0.05, 0.1) is 12.6 Å². The van der Waals surface area contributed by atoms with Crippen LogP contribution in [0.1, 0.15) is 22.7 Å². The molecule has 0 aliphatic carbocycles. The molecule has 1 aliphatic rings. The molecule has 2 aromatic rings. The van der Waals surface area contributed by atoms with Gasteiger partial charge >= 0.3 is 0 Å². The quantitative estimate of drug-likeness (QED) is 0.928. The second-order valence-corrected chi connectivity index (χ2v) is 4.83. The van der Waals surface area contributed by atoms with Gasteiger partial charge in [0.2, 0.25) is 0 Å². The predicted molar refractivity (Wildman–Crippen MR) is 72.9 cm³/mol. The summed E-state index contributed by atoms with van der Waals surface area (Å²) in [5.41, 5.74) is 2.33. The number of benzene rings is 2. The van der Waals surface area contributed by atoms with E-state index >= 15 is 0 Å². The Balaban J connectivity index is 2.03. The molecule has 1 heterocycles. The van der Waals surface area contributed by atoms with E-state index in [-0.39, 0.29) is 6.04 Å². The summed E-state index contributed by atoms with van der Waals surface area (Å²) in [5, 5.41) is 3.05.